The van der Waals surface area contributed by atoms with Gasteiger partial charge in [-0.3, -0.25) is 5.32 Å². The lowest BCUT2D eigenvalue weighted by Gasteiger charge is -2.39. The Balaban J connectivity index is 1.67. The Kier molecular flexibility index (Phi) is 5.74. The number of nitrogens with zero attached hydrogens (tertiary/aromatic N) is 4. The van der Waals surface area contributed by atoms with Crippen LogP contribution in [0.4, 0.5) is 5.82 Å². The molecule has 0 saturated carbocycles. The number of nitrogens with two attached hydrogens (primary N) is 1. The van der Waals surface area contributed by atoms with E-state index in [4.69, 9.17) is 5.26 Å². The highest BCUT2D eigenvalue weighted by atomic mass is 32.2. The molecule has 2 aliphatic rings. The standard InChI is InChI=1S/C19H26N6O2S/c1-4-19(3)9-5-6-17(22-19)23-28(26,27)25-11-10-24(14-15(25)2)18-8-7-16(12-20)13-21-18/h5-9,13,15,22-23H,4,10-11,14H2,1-3H3/p+1. The fourth-order valence-electron chi connectivity index (χ4n) is 3.46. The van der Waals surface area contributed by atoms with Gasteiger partial charge in [-0.25, -0.2) is 9.71 Å². The molecule has 150 valence electrons. The molecule has 1 saturated heterocycles. The van der Waals surface area contributed by atoms with Crippen molar-refractivity contribution in [3.05, 3.63) is 47.9 Å². The molecular formula is C19H27N6O2S+. The van der Waals surface area contributed by atoms with Crippen LogP contribution in [0.2, 0.25) is 0 Å². The molecule has 1 aromatic rings. The van der Waals surface area contributed by atoms with Gasteiger partial charge in [-0.1, -0.05) is 13.0 Å². The van der Waals surface area contributed by atoms with E-state index in [1.54, 1.807) is 18.2 Å². The molecule has 0 radical (unpaired) electrons. The van der Waals surface area contributed by atoms with Gasteiger partial charge in [-0.2, -0.15) is 18.0 Å². The second-order valence-corrected chi connectivity index (χ2v) is 9.14. The van der Waals surface area contributed by atoms with E-state index in [9.17, 15) is 8.42 Å². The van der Waals surface area contributed by atoms with Crippen LogP contribution < -0.4 is 14.9 Å². The van der Waals surface area contributed by atoms with Crippen molar-refractivity contribution in [3.63, 3.8) is 0 Å². The van der Waals surface area contributed by atoms with Crippen LogP contribution in [0.1, 0.15) is 32.8 Å². The summed E-state index contributed by atoms with van der Waals surface area (Å²) in [6, 6.07) is 5.37. The lowest BCUT2D eigenvalue weighted by molar-refractivity contribution is -0.673. The van der Waals surface area contributed by atoms with Crippen LogP contribution in [0.3, 0.4) is 0 Å². The van der Waals surface area contributed by atoms with Crippen molar-refractivity contribution < 1.29 is 13.7 Å². The van der Waals surface area contributed by atoms with Crippen molar-refractivity contribution >= 4 is 16.0 Å². The van der Waals surface area contributed by atoms with Gasteiger partial charge in [0.2, 0.25) is 5.82 Å². The highest BCUT2D eigenvalue weighted by molar-refractivity contribution is 7.87. The first-order chi connectivity index (χ1) is 13.3. The number of piperazine rings is 1. The summed E-state index contributed by atoms with van der Waals surface area (Å²) in [4.78, 5) is 6.35. The van der Waals surface area contributed by atoms with Gasteiger partial charge in [0, 0.05) is 44.4 Å². The molecule has 8 nitrogen and oxygen atoms in total. The smallest absolute Gasteiger partial charge is 0.305 e. The quantitative estimate of drug-likeness (QED) is 0.742. The number of aromatic nitrogens is 1. The van der Waals surface area contributed by atoms with E-state index in [1.165, 1.54) is 10.5 Å². The van der Waals surface area contributed by atoms with Gasteiger partial charge >= 0.3 is 10.2 Å². The maximum atomic E-state index is 12.9. The Morgan fingerprint density at radius 3 is 2.82 bits per heavy atom. The topological polar surface area (TPSA) is 106 Å². The average molecular weight is 404 g/mol. The number of hydrogen-bond donors (Lipinski definition) is 2. The summed E-state index contributed by atoms with van der Waals surface area (Å²) in [5.41, 5.74) is 0.366. The Bertz CT molecular complexity index is 919. The Morgan fingerprint density at radius 2 is 2.21 bits per heavy atom. The van der Waals surface area contributed by atoms with Crippen LogP contribution in [0.25, 0.3) is 0 Å². The molecule has 3 N–H and O–H groups in total. The largest absolute Gasteiger partial charge is 0.354 e. The summed E-state index contributed by atoms with van der Waals surface area (Å²) in [6.07, 6.45) is 8.20. The van der Waals surface area contributed by atoms with Crippen molar-refractivity contribution in [1.82, 2.24) is 14.0 Å². The Hall–Kier alpha value is -2.41. The monoisotopic (exact) mass is 403 g/mol. The summed E-state index contributed by atoms with van der Waals surface area (Å²) in [6.45, 7) is 7.50. The van der Waals surface area contributed by atoms with Crippen LogP contribution in [-0.4, -0.2) is 48.9 Å². The predicted molar refractivity (Wildman–Crippen MR) is 107 cm³/mol. The number of allylic oxidation sites excluding steroid dienone is 2. The van der Waals surface area contributed by atoms with Gasteiger partial charge < -0.3 is 4.90 Å². The highest BCUT2D eigenvalue weighted by Crippen LogP contribution is 2.19. The van der Waals surface area contributed by atoms with E-state index in [2.05, 4.69) is 35.7 Å². The molecular weight excluding hydrogens is 376 g/mol. The van der Waals surface area contributed by atoms with Crippen LogP contribution in [0.15, 0.2) is 42.4 Å². The maximum absolute atomic E-state index is 12.9. The summed E-state index contributed by atoms with van der Waals surface area (Å²) < 4.78 is 30.1. The second-order valence-electron chi connectivity index (χ2n) is 7.51. The molecule has 1 fully saturated rings. The number of anilines is 1. The van der Waals surface area contributed by atoms with Crippen LogP contribution in [-0.2, 0) is 10.2 Å². The number of nitrogens with one attached hydrogen (secondary N) is 1. The molecule has 0 amide bonds. The number of pyridine rings is 1. The van der Waals surface area contributed by atoms with E-state index in [1.807, 2.05) is 23.2 Å². The molecule has 28 heavy (non-hydrogen) atoms. The molecule has 0 spiro atoms. The van der Waals surface area contributed by atoms with Crippen molar-refractivity contribution in [1.29, 1.82) is 5.26 Å². The molecule has 3 rings (SSSR count). The summed E-state index contributed by atoms with van der Waals surface area (Å²) in [7, 11) is -3.65. The Labute approximate surface area is 166 Å². The maximum Gasteiger partial charge on any atom is 0.305 e. The minimum Gasteiger partial charge on any atom is -0.354 e. The molecule has 9 heteroatoms. The first-order valence-corrected chi connectivity index (χ1v) is 10.9. The minimum atomic E-state index is -3.65. The second kappa shape index (κ2) is 7.91. The Morgan fingerprint density at radius 1 is 1.43 bits per heavy atom. The van der Waals surface area contributed by atoms with Crippen molar-refractivity contribution in [3.8, 4) is 6.07 Å². The third-order valence-electron chi connectivity index (χ3n) is 5.32. The van der Waals surface area contributed by atoms with Crippen LogP contribution in [0.5, 0.6) is 0 Å². The van der Waals surface area contributed by atoms with Gasteiger partial charge in [0.05, 0.1) is 5.56 Å². The SMILES string of the molecule is CCC1(C)C=CC=C(NS(=O)(=O)N2CCN(c3ccc(C#N)cn3)CC2C)[NH2+]1. The number of hydrogen-bond acceptors (Lipinski definition) is 5. The van der Waals surface area contributed by atoms with E-state index < -0.39 is 10.2 Å². The van der Waals surface area contributed by atoms with E-state index in [-0.39, 0.29) is 11.6 Å². The predicted octanol–water partition coefficient (Wildman–Crippen LogP) is 0.441. The van der Waals surface area contributed by atoms with Crippen molar-refractivity contribution in [2.24, 2.45) is 0 Å². The number of nitriles is 1. The first-order valence-electron chi connectivity index (χ1n) is 9.42. The molecule has 3 heterocycles. The van der Waals surface area contributed by atoms with Gasteiger partial charge in [0.15, 0.2) is 0 Å². The summed E-state index contributed by atoms with van der Waals surface area (Å²) in [5, 5.41) is 10.9. The zero-order valence-electron chi connectivity index (χ0n) is 16.5. The molecule has 2 aliphatic heterocycles. The highest BCUT2D eigenvalue weighted by Gasteiger charge is 2.35. The lowest BCUT2D eigenvalue weighted by atomic mass is 9.96. The van der Waals surface area contributed by atoms with Crippen LogP contribution >= 0.6 is 0 Å². The molecule has 0 aromatic carbocycles. The molecule has 2 unspecified atom stereocenters. The molecule has 0 aliphatic carbocycles. The third-order valence-corrected chi connectivity index (χ3v) is 6.98. The third kappa shape index (κ3) is 4.35. The zero-order valence-corrected chi connectivity index (χ0v) is 17.3. The minimum absolute atomic E-state index is 0.141. The zero-order chi connectivity index (χ0) is 20.4. The lowest BCUT2D eigenvalue weighted by Crippen LogP contribution is -2.96. The fraction of sp³-hybridized carbons (Fsp3) is 0.474. The summed E-state index contributed by atoms with van der Waals surface area (Å²) in [5.74, 6) is 1.36. The van der Waals surface area contributed by atoms with E-state index in [0.717, 1.165) is 12.2 Å². The fourth-order valence-corrected chi connectivity index (χ4v) is 4.86. The van der Waals surface area contributed by atoms with Crippen molar-refractivity contribution in [2.75, 3.05) is 24.5 Å². The molecule has 1 aromatic heterocycles. The van der Waals surface area contributed by atoms with E-state index in [0.29, 0.717) is 31.0 Å². The molecule has 0 bridgehead atoms. The number of quaternary nitrogens is 1. The van der Waals surface area contributed by atoms with Gasteiger partial charge in [-0.15, -0.1) is 0 Å². The van der Waals surface area contributed by atoms with Gasteiger partial charge in [-0.05, 0) is 32.1 Å². The van der Waals surface area contributed by atoms with Crippen LogP contribution in [0, 0.1) is 11.3 Å². The summed E-state index contributed by atoms with van der Waals surface area (Å²) >= 11 is 0. The van der Waals surface area contributed by atoms with Crippen molar-refractivity contribution in [2.45, 2.75) is 38.8 Å². The average Bonchev–Trinajstić information content (AvgIpc) is 2.67. The first kappa shape index (κ1) is 20.3. The van der Waals surface area contributed by atoms with Gasteiger partial charge in [0.1, 0.15) is 17.4 Å². The molecule has 2 atom stereocenters. The normalized spacial score (nSPS) is 25.9. The van der Waals surface area contributed by atoms with E-state index >= 15 is 0 Å². The number of rotatable bonds is 5. The van der Waals surface area contributed by atoms with Gasteiger partial charge in [0.25, 0.3) is 0 Å².